The van der Waals surface area contributed by atoms with E-state index in [1.165, 1.54) is 0 Å². The highest BCUT2D eigenvalue weighted by Gasteiger charge is 2.22. The average molecular weight is 318 g/mol. The van der Waals surface area contributed by atoms with Crippen molar-refractivity contribution >= 4 is 27.1 Å². The Bertz CT molecular complexity index is 575. The molecule has 1 saturated heterocycles. The normalized spacial score (nSPS) is 19.1. The molecular formula is C13H20ClN3O2S. The first-order valence-corrected chi connectivity index (χ1v) is 9.15. The Balaban J connectivity index is 2.28. The minimum Gasteiger partial charge on any atom is -0.368 e. The molecule has 1 aromatic heterocycles. The van der Waals surface area contributed by atoms with Crippen LogP contribution in [-0.4, -0.2) is 43.0 Å². The van der Waals surface area contributed by atoms with E-state index in [0.717, 1.165) is 17.2 Å². The molecule has 0 amide bonds. The summed E-state index contributed by atoms with van der Waals surface area (Å²) >= 11 is 5.99. The highest BCUT2D eigenvalue weighted by Crippen LogP contribution is 2.23. The van der Waals surface area contributed by atoms with Crippen molar-refractivity contribution in [3.63, 3.8) is 0 Å². The topological polar surface area (TPSA) is 63.2 Å². The Labute approximate surface area is 125 Å². The Morgan fingerprint density at radius 3 is 2.75 bits per heavy atom. The molecule has 0 N–H and O–H groups in total. The summed E-state index contributed by atoms with van der Waals surface area (Å²) in [7, 11) is -2.92. The Morgan fingerprint density at radius 2 is 2.10 bits per heavy atom. The van der Waals surface area contributed by atoms with Crippen LogP contribution in [0.3, 0.4) is 0 Å². The van der Waals surface area contributed by atoms with Gasteiger partial charge in [-0.1, -0.05) is 13.8 Å². The van der Waals surface area contributed by atoms with Gasteiger partial charge in [0.2, 0.25) is 0 Å². The average Bonchev–Trinajstić information content (AvgIpc) is 2.59. The molecule has 0 saturated carbocycles. The molecule has 0 atom stereocenters. The number of nitrogens with zero attached hydrogens (tertiary/aromatic N) is 3. The zero-order valence-corrected chi connectivity index (χ0v) is 13.4. The molecule has 0 bridgehead atoms. The van der Waals surface area contributed by atoms with E-state index in [2.05, 4.69) is 9.97 Å². The maximum Gasteiger partial charge on any atom is 0.152 e. The van der Waals surface area contributed by atoms with Crippen LogP contribution in [0.15, 0.2) is 6.20 Å². The van der Waals surface area contributed by atoms with E-state index in [1.807, 2.05) is 18.7 Å². The lowest BCUT2D eigenvalue weighted by molar-refractivity contribution is 0.597. The molecule has 1 aliphatic heterocycles. The first-order valence-electron chi connectivity index (χ1n) is 6.80. The second-order valence-electron chi connectivity index (χ2n) is 5.34. The van der Waals surface area contributed by atoms with E-state index in [9.17, 15) is 8.42 Å². The molecule has 20 heavy (non-hydrogen) atoms. The van der Waals surface area contributed by atoms with Gasteiger partial charge in [-0.2, -0.15) is 0 Å². The minimum absolute atomic E-state index is 0.181. The van der Waals surface area contributed by atoms with Crippen LogP contribution >= 0.6 is 11.6 Å². The van der Waals surface area contributed by atoms with Gasteiger partial charge in [0, 0.05) is 19.0 Å². The molecule has 1 aliphatic rings. The van der Waals surface area contributed by atoms with E-state index >= 15 is 0 Å². The summed E-state index contributed by atoms with van der Waals surface area (Å²) in [6.45, 7) is 5.25. The van der Waals surface area contributed by atoms with E-state index in [1.54, 1.807) is 6.20 Å². The first-order chi connectivity index (χ1) is 9.43. The van der Waals surface area contributed by atoms with Crippen molar-refractivity contribution in [3.05, 3.63) is 17.7 Å². The minimum atomic E-state index is -2.92. The lowest BCUT2D eigenvalue weighted by Crippen LogP contribution is -2.28. The number of sulfone groups is 1. The number of hydrogen-bond donors (Lipinski definition) is 0. The molecule has 112 valence electrons. The third-order valence-corrected chi connectivity index (χ3v) is 5.37. The standard InChI is InChI=1S/C13H20ClN3O2S/c1-10(2)13-15-9-12(11(8-14)16-13)17-4-3-6-20(18,19)7-5-17/h9-10H,3-8H2,1-2H3. The van der Waals surface area contributed by atoms with E-state index in [-0.39, 0.29) is 17.4 Å². The maximum absolute atomic E-state index is 11.7. The second kappa shape index (κ2) is 6.26. The maximum atomic E-state index is 11.7. The monoisotopic (exact) mass is 317 g/mol. The molecule has 2 heterocycles. The van der Waals surface area contributed by atoms with Crippen LogP contribution in [0.1, 0.15) is 37.7 Å². The van der Waals surface area contributed by atoms with Gasteiger partial charge in [0.05, 0.1) is 35.0 Å². The predicted octanol–water partition coefficient (Wildman–Crippen LogP) is 1.96. The largest absolute Gasteiger partial charge is 0.368 e. The molecule has 1 aromatic rings. The highest BCUT2D eigenvalue weighted by atomic mass is 35.5. The Kier molecular flexibility index (Phi) is 4.86. The van der Waals surface area contributed by atoms with Crippen molar-refractivity contribution in [3.8, 4) is 0 Å². The Morgan fingerprint density at radius 1 is 1.35 bits per heavy atom. The van der Waals surface area contributed by atoms with Crippen LogP contribution in [-0.2, 0) is 15.7 Å². The third-order valence-electron chi connectivity index (χ3n) is 3.40. The number of halogens is 1. The summed E-state index contributed by atoms with van der Waals surface area (Å²) in [5.41, 5.74) is 1.64. The third kappa shape index (κ3) is 3.61. The van der Waals surface area contributed by atoms with Crippen molar-refractivity contribution in [2.24, 2.45) is 0 Å². The molecule has 0 aliphatic carbocycles. The van der Waals surface area contributed by atoms with Crippen LogP contribution in [0.4, 0.5) is 5.69 Å². The van der Waals surface area contributed by atoms with Gasteiger partial charge in [-0.05, 0) is 6.42 Å². The Hall–Kier alpha value is -0.880. The molecule has 0 unspecified atom stereocenters. The molecule has 7 heteroatoms. The molecule has 1 fully saturated rings. The molecule has 2 rings (SSSR count). The molecular weight excluding hydrogens is 298 g/mol. The molecule has 0 aromatic carbocycles. The smallest absolute Gasteiger partial charge is 0.152 e. The van der Waals surface area contributed by atoms with E-state index in [4.69, 9.17) is 11.6 Å². The van der Waals surface area contributed by atoms with Gasteiger partial charge in [0.15, 0.2) is 9.84 Å². The van der Waals surface area contributed by atoms with Gasteiger partial charge < -0.3 is 4.90 Å². The van der Waals surface area contributed by atoms with Crippen LogP contribution in [0, 0.1) is 0 Å². The quantitative estimate of drug-likeness (QED) is 0.797. The summed E-state index contributed by atoms with van der Waals surface area (Å²) in [5, 5.41) is 0. The second-order valence-corrected chi connectivity index (χ2v) is 7.91. The van der Waals surface area contributed by atoms with Gasteiger partial charge in [-0.15, -0.1) is 11.6 Å². The molecule has 0 radical (unpaired) electrons. The van der Waals surface area contributed by atoms with Crippen molar-refractivity contribution in [2.45, 2.75) is 32.1 Å². The van der Waals surface area contributed by atoms with E-state index < -0.39 is 9.84 Å². The summed E-state index contributed by atoms with van der Waals surface area (Å²) in [6, 6.07) is 0. The fourth-order valence-electron chi connectivity index (χ4n) is 2.25. The molecule has 0 spiro atoms. The van der Waals surface area contributed by atoms with Crippen LogP contribution in [0.5, 0.6) is 0 Å². The summed E-state index contributed by atoms with van der Waals surface area (Å²) in [6.07, 6.45) is 2.41. The summed E-state index contributed by atoms with van der Waals surface area (Å²) < 4.78 is 23.3. The van der Waals surface area contributed by atoms with Crippen molar-refractivity contribution < 1.29 is 8.42 Å². The summed E-state index contributed by atoms with van der Waals surface area (Å²) in [4.78, 5) is 10.9. The zero-order chi connectivity index (χ0) is 14.8. The van der Waals surface area contributed by atoms with Gasteiger partial charge in [0.25, 0.3) is 0 Å². The SMILES string of the molecule is CC(C)c1ncc(N2CCCS(=O)(=O)CC2)c(CCl)n1. The van der Waals surface area contributed by atoms with Gasteiger partial charge in [0.1, 0.15) is 5.82 Å². The van der Waals surface area contributed by atoms with E-state index in [0.29, 0.717) is 25.4 Å². The van der Waals surface area contributed by atoms with Crippen molar-refractivity contribution in [1.82, 2.24) is 9.97 Å². The number of hydrogen-bond acceptors (Lipinski definition) is 5. The fourth-order valence-corrected chi connectivity index (χ4v) is 3.71. The lowest BCUT2D eigenvalue weighted by Gasteiger charge is -2.24. The zero-order valence-electron chi connectivity index (χ0n) is 11.8. The lowest BCUT2D eigenvalue weighted by atomic mass is 10.2. The van der Waals surface area contributed by atoms with Crippen molar-refractivity contribution in [2.75, 3.05) is 29.5 Å². The van der Waals surface area contributed by atoms with Crippen LogP contribution < -0.4 is 4.90 Å². The predicted molar refractivity (Wildman–Crippen MR) is 81.2 cm³/mol. The fraction of sp³-hybridized carbons (Fsp3) is 0.692. The number of alkyl halides is 1. The highest BCUT2D eigenvalue weighted by molar-refractivity contribution is 7.91. The van der Waals surface area contributed by atoms with Crippen LogP contribution in [0.25, 0.3) is 0 Å². The number of anilines is 1. The van der Waals surface area contributed by atoms with Gasteiger partial charge >= 0.3 is 0 Å². The summed E-state index contributed by atoms with van der Waals surface area (Å²) in [5.74, 6) is 1.76. The van der Waals surface area contributed by atoms with Crippen molar-refractivity contribution in [1.29, 1.82) is 0 Å². The number of aromatic nitrogens is 2. The first kappa shape index (κ1) is 15.5. The molecule has 5 nitrogen and oxygen atoms in total. The van der Waals surface area contributed by atoms with Crippen LogP contribution in [0.2, 0.25) is 0 Å². The van der Waals surface area contributed by atoms with Gasteiger partial charge in [-0.3, -0.25) is 0 Å². The van der Waals surface area contributed by atoms with Gasteiger partial charge in [-0.25, -0.2) is 18.4 Å². The number of rotatable bonds is 3.